The van der Waals surface area contributed by atoms with Crippen LogP contribution in [0.5, 0.6) is 11.5 Å². The highest BCUT2D eigenvalue weighted by molar-refractivity contribution is 7.80. The average Bonchev–Trinajstić information content (AvgIpc) is 2.74. The molecule has 0 aromatic heterocycles. The van der Waals surface area contributed by atoms with Crippen molar-refractivity contribution in [3.63, 3.8) is 0 Å². The highest BCUT2D eigenvalue weighted by Crippen LogP contribution is 2.28. The molecule has 2 N–H and O–H groups in total. The summed E-state index contributed by atoms with van der Waals surface area (Å²) in [5, 5.41) is 6.13. The lowest BCUT2D eigenvalue weighted by Crippen LogP contribution is -2.35. The van der Waals surface area contributed by atoms with Crippen molar-refractivity contribution < 1.29 is 14.3 Å². The van der Waals surface area contributed by atoms with Crippen LogP contribution in [0.15, 0.2) is 42.5 Å². The van der Waals surface area contributed by atoms with Crippen LogP contribution < -0.4 is 25.0 Å². The Labute approximate surface area is 170 Å². The predicted molar refractivity (Wildman–Crippen MR) is 116 cm³/mol. The van der Waals surface area contributed by atoms with Crippen molar-refractivity contribution in [3.05, 3.63) is 48.0 Å². The average molecular weight is 400 g/mol. The molecule has 28 heavy (non-hydrogen) atoms. The quantitative estimate of drug-likeness (QED) is 0.746. The Morgan fingerprint density at radius 2 is 1.79 bits per heavy atom. The molecule has 1 amide bonds. The van der Waals surface area contributed by atoms with Crippen LogP contribution in [0, 0.1) is 0 Å². The van der Waals surface area contributed by atoms with Crippen LogP contribution in [0.1, 0.15) is 29.6 Å². The predicted octanol–water partition coefficient (Wildman–Crippen LogP) is 3.82. The Hall–Kier alpha value is -2.80. The Bertz CT molecular complexity index is 851. The van der Waals surface area contributed by atoms with Gasteiger partial charge >= 0.3 is 0 Å². The third-order valence-corrected chi connectivity index (χ3v) is 4.93. The van der Waals surface area contributed by atoms with Crippen LogP contribution in [0.4, 0.5) is 11.4 Å². The summed E-state index contributed by atoms with van der Waals surface area (Å²) < 4.78 is 10.5. The number of carbonyl (C=O) groups is 1. The summed E-state index contributed by atoms with van der Waals surface area (Å²) in [6.07, 6.45) is 3.64. The number of hydrogen-bond donors (Lipinski definition) is 2. The van der Waals surface area contributed by atoms with Crippen LogP contribution >= 0.6 is 12.2 Å². The van der Waals surface area contributed by atoms with E-state index in [9.17, 15) is 4.79 Å². The summed E-state index contributed by atoms with van der Waals surface area (Å²) in [6.45, 7) is 2.06. The number of rotatable bonds is 5. The fourth-order valence-corrected chi connectivity index (χ4v) is 3.50. The van der Waals surface area contributed by atoms with Gasteiger partial charge in [0.1, 0.15) is 11.5 Å². The van der Waals surface area contributed by atoms with Crippen molar-refractivity contribution in [2.24, 2.45) is 0 Å². The number of benzene rings is 2. The number of carbonyl (C=O) groups excluding carboxylic acids is 1. The summed E-state index contributed by atoms with van der Waals surface area (Å²) >= 11 is 5.37. The van der Waals surface area contributed by atoms with Crippen molar-refractivity contribution in [1.29, 1.82) is 0 Å². The minimum atomic E-state index is -0.340. The first-order valence-corrected chi connectivity index (χ1v) is 9.71. The zero-order valence-electron chi connectivity index (χ0n) is 16.2. The highest BCUT2D eigenvalue weighted by atomic mass is 32.1. The van der Waals surface area contributed by atoms with Gasteiger partial charge in [-0.1, -0.05) is 12.1 Å². The molecule has 0 unspecified atom stereocenters. The number of hydrogen-bond acceptors (Lipinski definition) is 5. The summed E-state index contributed by atoms with van der Waals surface area (Å²) in [4.78, 5) is 15.0. The van der Waals surface area contributed by atoms with Gasteiger partial charge in [-0.3, -0.25) is 10.1 Å². The monoisotopic (exact) mass is 399 g/mol. The number of anilines is 2. The lowest BCUT2D eigenvalue weighted by Gasteiger charge is -2.30. The first-order chi connectivity index (χ1) is 13.6. The summed E-state index contributed by atoms with van der Waals surface area (Å²) in [6, 6.07) is 13.0. The van der Waals surface area contributed by atoms with E-state index in [1.807, 2.05) is 18.2 Å². The number of methoxy groups -OCH3 is 2. The molecule has 0 radical (unpaired) electrons. The normalized spacial score (nSPS) is 13.6. The van der Waals surface area contributed by atoms with E-state index >= 15 is 0 Å². The second-order valence-corrected chi connectivity index (χ2v) is 6.95. The number of ether oxygens (including phenoxy) is 2. The first-order valence-electron chi connectivity index (χ1n) is 9.30. The van der Waals surface area contributed by atoms with E-state index in [-0.39, 0.29) is 11.0 Å². The van der Waals surface area contributed by atoms with Crippen molar-refractivity contribution in [2.75, 3.05) is 37.5 Å². The zero-order chi connectivity index (χ0) is 19.9. The summed E-state index contributed by atoms with van der Waals surface area (Å²) in [7, 11) is 3.07. The van der Waals surface area contributed by atoms with Gasteiger partial charge in [-0.15, -0.1) is 0 Å². The lowest BCUT2D eigenvalue weighted by molar-refractivity contribution is 0.0974. The number of para-hydroxylation sites is 2. The Morgan fingerprint density at radius 3 is 2.50 bits per heavy atom. The molecule has 1 saturated heterocycles. The smallest absolute Gasteiger partial charge is 0.261 e. The maximum Gasteiger partial charge on any atom is 0.261 e. The lowest BCUT2D eigenvalue weighted by atomic mass is 10.1. The van der Waals surface area contributed by atoms with Gasteiger partial charge in [-0.05, 0) is 55.7 Å². The SMILES string of the molecule is COc1ccc(C(=O)NC(=S)Nc2ccccc2N2CCCCC2)c(OC)c1. The van der Waals surface area contributed by atoms with E-state index in [0.717, 1.165) is 24.5 Å². The fraction of sp³-hybridized carbons (Fsp3) is 0.333. The molecule has 0 aliphatic carbocycles. The van der Waals surface area contributed by atoms with Crippen molar-refractivity contribution in [2.45, 2.75) is 19.3 Å². The number of amides is 1. The molecule has 2 aromatic carbocycles. The van der Waals surface area contributed by atoms with E-state index < -0.39 is 0 Å². The van der Waals surface area contributed by atoms with Crippen LogP contribution in [0.2, 0.25) is 0 Å². The molecule has 2 aromatic rings. The molecule has 0 spiro atoms. The van der Waals surface area contributed by atoms with Crippen LogP contribution in [-0.4, -0.2) is 38.3 Å². The molecule has 0 saturated carbocycles. The molecular weight excluding hydrogens is 374 g/mol. The van der Waals surface area contributed by atoms with Gasteiger partial charge in [-0.25, -0.2) is 0 Å². The molecule has 0 atom stereocenters. The number of nitrogens with zero attached hydrogens (tertiary/aromatic N) is 1. The molecule has 7 heteroatoms. The maximum atomic E-state index is 12.6. The third-order valence-electron chi connectivity index (χ3n) is 4.73. The highest BCUT2D eigenvalue weighted by Gasteiger charge is 2.17. The van der Waals surface area contributed by atoms with E-state index in [2.05, 4.69) is 21.6 Å². The molecule has 6 nitrogen and oxygen atoms in total. The van der Waals surface area contributed by atoms with Gasteiger partial charge in [0.15, 0.2) is 5.11 Å². The Kier molecular flexibility index (Phi) is 6.71. The second-order valence-electron chi connectivity index (χ2n) is 6.54. The van der Waals surface area contributed by atoms with E-state index in [1.165, 1.54) is 26.4 Å². The number of piperidine rings is 1. The minimum absolute atomic E-state index is 0.243. The third kappa shape index (κ3) is 4.72. The summed E-state index contributed by atoms with van der Waals surface area (Å²) in [5.74, 6) is 0.699. The standard InChI is InChI=1S/C21H25N3O3S/c1-26-15-10-11-16(19(14-15)27-2)20(25)23-21(28)22-17-8-4-5-9-18(17)24-12-6-3-7-13-24/h4-5,8-11,14H,3,6-7,12-13H2,1-2H3,(H2,22,23,25,28). The van der Waals surface area contributed by atoms with Gasteiger partial charge < -0.3 is 19.7 Å². The zero-order valence-corrected chi connectivity index (χ0v) is 17.0. The topological polar surface area (TPSA) is 62.8 Å². The van der Waals surface area contributed by atoms with Crippen molar-refractivity contribution >= 4 is 34.6 Å². The largest absolute Gasteiger partial charge is 0.497 e. The molecule has 1 aliphatic rings. The molecule has 148 valence electrons. The number of thiocarbonyl (C=S) groups is 1. The van der Waals surface area contributed by atoms with Gasteiger partial charge in [0.2, 0.25) is 0 Å². The number of nitrogens with one attached hydrogen (secondary N) is 2. The van der Waals surface area contributed by atoms with Crippen LogP contribution in [0.25, 0.3) is 0 Å². The molecule has 1 fully saturated rings. The van der Waals surface area contributed by atoms with E-state index in [0.29, 0.717) is 17.1 Å². The van der Waals surface area contributed by atoms with Gasteiger partial charge in [-0.2, -0.15) is 0 Å². The second kappa shape index (κ2) is 9.41. The van der Waals surface area contributed by atoms with E-state index in [1.54, 1.807) is 25.3 Å². The van der Waals surface area contributed by atoms with Crippen molar-refractivity contribution in [3.8, 4) is 11.5 Å². The molecule has 1 heterocycles. The maximum absolute atomic E-state index is 12.6. The van der Waals surface area contributed by atoms with Gasteiger partial charge in [0.25, 0.3) is 5.91 Å². The first kappa shape index (κ1) is 19.9. The van der Waals surface area contributed by atoms with E-state index in [4.69, 9.17) is 21.7 Å². The summed E-state index contributed by atoms with van der Waals surface area (Å²) in [5.41, 5.74) is 2.37. The Morgan fingerprint density at radius 1 is 1.04 bits per heavy atom. The molecule has 0 bridgehead atoms. The molecular formula is C21H25N3O3S. The molecule has 1 aliphatic heterocycles. The van der Waals surface area contributed by atoms with Gasteiger partial charge in [0.05, 0.1) is 31.2 Å². The van der Waals surface area contributed by atoms with Crippen molar-refractivity contribution in [1.82, 2.24) is 5.32 Å². The Balaban J connectivity index is 1.70. The van der Waals surface area contributed by atoms with Gasteiger partial charge in [0, 0.05) is 19.2 Å². The van der Waals surface area contributed by atoms with Crippen LogP contribution in [-0.2, 0) is 0 Å². The minimum Gasteiger partial charge on any atom is -0.497 e. The van der Waals surface area contributed by atoms with Crippen LogP contribution in [0.3, 0.4) is 0 Å². The molecule has 3 rings (SSSR count). The fourth-order valence-electron chi connectivity index (χ4n) is 3.30.